The van der Waals surface area contributed by atoms with Gasteiger partial charge in [0, 0.05) is 39.0 Å². The predicted octanol–water partition coefficient (Wildman–Crippen LogP) is 1.85. The quantitative estimate of drug-likeness (QED) is 0.810. The predicted molar refractivity (Wildman–Crippen MR) is 78.1 cm³/mol. The second-order valence-corrected chi connectivity index (χ2v) is 5.14. The van der Waals surface area contributed by atoms with Gasteiger partial charge in [-0.15, -0.1) is 0 Å². The van der Waals surface area contributed by atoms with Crippen molar-refractivity contribution in [3.63, 3.8) is 0 Å². The van der Waals surface area contributed by atoms with Gasteiger partial charge in [-0.3, -0.25) is 0 Å². The maximum absolute atomic E-state index is 5.67. The van der Waals surface area contributed by atoms with Crippen molar-refractivity contribution in [3.05, 3.63) is 24.3 Å². The molecular weight excluding hydrogens is 240 g/mol. The lowest BCUT2D eigenvalue weighted by molar-refractivity contribution is 0.0717. The summed E-state index contributed by atoms with van der Waals surface area (Å²) in [6.07, 6.45) is 0.123. The van der Waals surface area contributed by atoms with Crippen molar-refractivity contribution in [2.24, 2.45) is 0 Å². The second kappa shape index (κ2) is 6.78. The van der Waals surface area contributed by atoms with Crippen LogP contribution in [0.4, 0.5) is 5.69 Å². The monoisotopic (exact) mass is 264 g/mol. The molecule has 0 amide bonds. The van der Waals surface area contributed by atoms with Gasteiger partial charge in [-0.1, -0.05) is 0 Å². The fraction of sp³-hybridized carbons (Fsp3) is 0.600. The largest absolute Gasteiger partial charge is 0.491 e. The normalized spacial score (nSPS) is 18.4. The average Bonchev–Trinajstić information content (AvgIpc) is 2.46. The van der Waals surface area contributed by atoms with E-state index >= 15 is 0 Å². The number of benzene rings is 1. The van der Waals surface area contributed by atoms with Crippen molar-refractivity contribution in [1.29, 1.82) is 0 Å². The van der Waals surface area contributed by atoms with E-state index in [0.29, 0.717) is 6.61 Å². The SMILES string of the molecule is COC(C)COc1ccc(N2CCN(C)CC2)cc1. The summed E-state index contributed by atoms with van der Waals surface area (Å²) in [5.74, 6) is 0.904. The summed E-state index contributed by atoms with van der Waals surface area (Å²) < 4.78 is 10.8. The molecule has 4 nitrogen and oxygen atoms in total. The Labute approximate surface area is 115 Å². The third-order valence-electron chi connectivity index (χ3n) is 3.59. The van der Waals surface area contributed by atoms with Gasteiger partial charge in [0.1, 0.15) is 12.4 Å². The molecule has 1 aliphatic heterocycles. The maximum atomic E-state index is 5.67. The van der Waals surface area contributed by atoms with Gasteiger partial charge in [0.25, 0.3) is 0 Å². The number of anilines is 1. The molecule has 1 heterocycles. The van der Waals surface area contributed by atoms with Crippen molar-refractivity contribution in [2.45, 2.75) is 13.0 Å². The molecule has 1 aliphatic rings. The molecule has 19 heavy (non-hydrogen) atoms. The van der Waals surface area contributed by atoms with Gasteiger partial charge < -0.3 is 19.3 Å². The average molecular weight is 264 g/mol. The van der Waals surface area contributed by atoms with E-state index in [-0.39, 0.29) is 6.10 Å². The smallest absolute Gasteiger partial charge is 0.119 e. The van der Waals surface area contributed by atoms with Gasteiger partial charge in [-0.05, 0) is 38.2 Å². The molecule has 1 aromatic rings. The number of ether oxygens (including phenoxy) is 2. The van der Waals surface area contributed by atoms with Crippen LogP contribution in [-0.2, 0) is 4.74 Å². The first-order valence-electron chi connectivity index (χ1n) is 6.88. The van der Waals surface area contributed by atoms with Gasteiger partial charge >= 0.3 is 0 Å². The van der Waals surface area contributed by atoms with Crippen molar-refractivity contribution >= 4 is 5.69 Å². The van der Waals surface area contributed by atoms with E-state index in [9.17, 15) is 0 Å². The van der Waals surface area contributed by atoms with Gasteiger partial charge in [0.05, 0.1) is 6.10 Å². The molecule has 2 rings (SSSR count). The summed E-state index contributed by atoms with van der Waals surface area (Å²) in [5.41, 5.74) is 1.28. The van der Waals surface area contributed by atoms with Gasteiger partial charge in [-0.2, -0.15) is 0 Å². The molecule has 0 aromatic heterocycles. The number of nitrogens with zero attached hydrogens (tertiary/aromatic N) is 2. The molecule has 106 valence electrons. The highest BCUT2D eigenvalue weighted by molar-refractivity contribution is 5.49. The van der Waals surface area contributed by atoms with Crippen LogP contribution in [0.2, 0.25) is 0 Å². The number of methoxy groups -OCH3 is 1. The van der Waals surface area contributed by atoms with Crippen LogP contribution in [0.25, 0.3) is 0 Å². The molecule has 0 radical (unpaired) electrons. The van der Waals surface area contributed by atoms with E-state index in [1.165, 1.54) is 5.69 Å². The minimum atomic E-state index is 0.123. The third kappa shape index (κ3) is 4.11. The Hall–Kier alpha value is -1.26. The summed E-state index contributed by atoms with van der Waals surface area (Å²) in [5, 5.41) is 0. The number of likely N-dealkylation sites (N-methyl/N-ethyl adjacent to an activating group) is 1. The molecule has 0 N–H and O–H groups in total. The highest BCUT2D eigenvalue weighted by atomic mass is 16.5. The summed E-state index contributed by atoms with van der Waals surface area (Å²) in [6.45, 7) is 7.03. The number of rotatable bonds is 5. The number of piperazine rings is 1. The summed E-state index contributed by atoms with van der Waals surface area (Å²) in [4.78, 5) is 4.78. The molecule has 0 spiro atoms. The lowest BCUT2D eigenvalue weighted by Crippen LogP contribution is -2.44. The van der Waals surface area contributed by atoms with E-state index in [0.717, 1.165) is 31.9 Å². The van der Waals surface area contributed by atoms with Crippen molar-refractivity contribution in [2.75, 3.05) is 51.8 Å². The first kappa shape index (κ1) is 14.2. The molecule has 0 bridgehead atoms. The number of hydrogen-bond donors (Lipinski definition) is 0. The minimum absolute atomic E-state index is 0.123. The lowest BCUT2D eigenvalue weighted by atomic mass is 10.2. The Bertz CT molecular complexity index is 372. The van der Waals surface area contributed by atoms with Crippen LogP contribution in [0.5, 0.6) is 5.75 Å². The Morgan fingerprint density at radius 1 is 1.11 bits per heavy atom. The minimum Gasteiger partial charge on any atom is -0.491 e. The van der Waals surface area contributed by atoms with Gasteiger partial charge in [0.2, 0.25) is 0 Å². The molecule has 1 aromatic carbocycles. The zero-order valence-corrected chi connectivity index (χ0v) is 12.1. The standard InChI is InChI=1S/C15H24N2O2/c1-13(18-3)12-19-15-6-4-14(5-7-15)17-10-8-16(2)9-11-17/h4-7,13H,8-12H2,1-3H3. The van der Waals surface area contributed by atoms with E-state index in [2.05, 4.69) is 29.0 Å². The Balaban J connectivity index is 1.87. The first-order chi connectivity index (χ1) is 9.19. The van der Waals surface area contributed by atoms with Crippen molar-refractivity contribution in [1.82, 2.24) is 4.90 Å². The molecular formula is C15H24N2O2. The van der Waals surface area contributed by atoms with Crippen LogP contribution in [0.3, 0.4) is 0 Å². The van der Waals surface area contributed by atoms with E-state index < -0.39 is 0 Å². The zero-order valence-electron chi connectivity index (χ0n) is 12.1. The second-order valence-electron chi connectivity index (χ2n) is 5.14. The van der Waals surface area contributed by atoms with E-state index in [1.54, 1.807) is 7.11 Å². The summed E-state index contributed by atoms with van der Waals surface area (Å²) in [7, 11) is 3.87. The maximum Gasteiger partial charge on any atom is 0.119 e. The van der Waals surface area contributed by atoms with Crippen LogP contribution in [0, 0.1) is 0 Å². The van der Waals surface area contributed by atoms with Crippen LogP contribution in [-0.4, -0.2) is 57.9 Å². The fourth-order valence-corrected chi connectivity index (χ4v) is 2.10. The molecule has 4 heteroatoms. The van der Waals surface area contributed by atoms with Crippen LogP contribution >= 0.6 is 0 Å². The number of hydrogen-bond acceptors (Lipinski definition) is 4. The molecule has 1 atom stereocenters. The van der Waals surface area contributed by atoms with Crippen LogP contribution < -0.4 is 9.64 Å². The Morgan fingerprint density at radius 2 is 1.74 bits per heavy atom. The molecule has 0 saturated carbocycles. The van der Waals surface area contributed by atoms with E-state index in [1.807, 2.05) is 19.1 Å². The van der Waals surface area contributed by atoms with Crippen molar-refractivity contribution < 1.29 is 9.47 Å². The highest BCUT2D eigenvalue weighted by Crippen LogP contribution is 2.20. The molecule has 1 saturated heterocycles. The van der Waals surface area contributed by atoms with Crippen LogP contribution in [0.1, 0.15) is 6.92 Å². The highest BCUT2D eigenvalue weighted by Gasteiger charge is 2.14. The van der Waals surface area contributed by atoms with Gasteiger partial charge in [-0.25, -0.2) is 0 Å². The Morgan fingerprint density at radius 3 is 2.32 bits per heavy atom. The topological polar surface area (TPSA) is 24.9 Å². The fourth-order valence-electron chi connectivity index (χ4n) is 2.10. The van der Waals surface area contributed by atoms with Crippen molar-refractivity contribution in [3.8, 4) is 5.75 Å². The third-order valence-corrected chi connectivity index (χ3v) is 3.59. The summed E-state index contributed by atoms with van der Waals surface area (Å²) >= 11 is 0. The lowest BCUT2D eigenvalue weighted by Gasteiger charge is -2.34. The van der Waals surface area contributed by atoms with Crippen LogP contribution in [0.15, 0.2) is 24.3 Å². The first-order valence-corrected chi connectivity index (χ1v) is 6.88. The Kier molecular flexibility index (Phi) is 5.05. The summed E-state index contributed by atoms with van der Waals surface area (Å²) in [6, 6.07) is 8.35. The zero-order chi connectivity index (χ0) is 13.7. The molecule has 1 fully saturated rings. The van der Waals surface area contributed by atoms with E-state index in [4.69, 9.17) is 9.47 Å². The van der Waals surface area contributed by atoms with Gasteiger partial charge in [0.15, 0.2) is 0 Å². The molecule has 1 unspecified atom stereocenters. The molecule has 0 aliphatic carbocycles.